The lowest BCUT2D eigenvalue weighted by Gasteiger charge is -2.21. The molecule has 2 aromatic rings. The summed E-state index contributed by atoms with van der Waals surface area (Å²) in [5.41, 5.74) is 3.74. The highest BCUT2D eigenvalue weighted by Crippen LogP contribution is 2.26. The van der Waals surface area contributed by atoms with E-state index in [0.717, 1.165) is 56.3 Å². The van der Waals surface area contributed by atoms with E-state index in [1.54, 1.807) is 7.11 Å². The molecule has 0 amide bonds. The van der Waals surface area contributed by atoms with E-state index < -0.39 is 0 Å². The predicted octanol–water partition coefficient (Wildman–Crippen LogP) is 2.73. The SMILES string of the molecule is CCNC(=NCCc1ccc(C)c(OC)c1)N1CCC(c2cnn(C)c2)C1. The molecule has 27 heavy (non-hydrogen) atoms. The second kappa shape index (κ2) is 8.93. The fraction of sp³-hybridized carbons (Fsp3) is 0.524. The Morgan fingerprint density at radius 1 is 1.41 bits per heavy atom. The number of rotatable bonds is 6. The van der Waals surface area contributed by atoms with Gasteiger partial charge in [-0.05, 0) is 49.4 Å². The van der Waals surface area contributed by atoms with Crippen LogP contribution in [0.2, 0.25) is 0 Å². The van der Waals surface area contributed by atoms with Crippen LogP contribution in [0.3, 0.4) is 0 Å². The zero-order valence-corrected chi connectivity index (χ0v) is 16.9. The molecular weight excluding hydrogens is 338 g/mol. The number of likely N-dealkylation sites (tertiary alicyclic amines) is 1. The van der Waals surface area contributed by atoms with Gasteiger partial charge in [-0.2, -0.15) is 5.10 Å². The highest BCUT2D eigenvalue weighted by molar-refractivity contribution is 5.80. The summed E-state index contributed by atoms with van der Waals surface area (Å²) in [6.07, 6.45) is 6.17. The smallest absolute Gasteiger partial charge is 0.193 e. The Morgan fingerprint density at radius 3 is 2.96 bits per heavy atom. The minimum Gasteiger partial charge on any atom is -0.496 e. The van der Waals surface area contributed by atoms with Crippen molar-refractivity contribution in [1.82, 2.24) is 20.0 Å². The van der Waals surface area contributed by atoms with E-state index in [1.165, 1.54) is 11.1 Å². The molecule has 2 heterocycles. The number of guanidine groups is 1. The van der Waals surface area contributed by atoms with Gasteiger partial charge in [0.2, 0.25) is 0 Å². The van der Waals surface area contributed by atoms with Crippen LogP contribution in [0.25, 0.3) is 0 Å². The Kier molecular flexibility index (Phi) is 6.37. The predicted molar refractivity (Wildman–Crippen MR) is 110 cm³/mol. The van der Waals surface area contributed by atoms with Gasteiger partial charge in [-0.1, -0.05) is 12.1 Å². The van der Waals surface area contributed by atoms with Gasteiger partial charge in [0.05, 0.1) is 13.3 Å². The van der Waals surface area contributed by atoms with Crippen LogP contribution in [-0.4, -0.2) is 53.9 Å². The van der Waals surface area contributed by atoms with Crippen molar-refractivity contribution in [2.45, 2.75) is 32.6 Å². The maximum atomic E-state index is 5.43. The molecule has 1 aromatic heterocycles. The molecule has 6 heteroatoms. The van der Waals surface area contributed by atoms with Gasteiger partial charge in [0.25, 0.3) is 0 Å². The fourth-order valence-corrected chi connectivity index (χ4v) is 3.61. The van der Waals surface area contributed by atoms with Gasteiger partial charge < -0.3 is 15.0 Å². The summed E-state index contributed by atoms with van der Waals surface area (Å²) in [5.74, 6) is 2.49. The summed E-state index contributed by atoms with van der Waals surface area (Å²) in [7, 11) is 3.70. The first-order valence-corrected chi connectivity index (χ1v) is 9.76. The van der Waals surface area contributed by atoms with Crippen molar-refractivity contribution in [3.05, 3.63) is 47.3 Å². The van der Waals surface area contributed by atoms with Crippen molar-refractivity contribution in [2.75, 3.05) is 33.3 Å². The Hall–Kier alpha value is -2.50. The van der Waals surface area contributed by atoms with Gasteiger partial charge >= 0.3 is 0 Å². The van der Waals surface area contributed by atoms with E-state index >= 15 is 0 Å². The molecule has 146 valence electrons. The Balaban J connectivity index is 1.61. The normalized spacial score (nSPS) is 17.4. The minimum absolute atomic E-state index is 0.531. The van der Waals surface area contributed by atoms with Gasteiger partial charge in [0.1, 0.15) is 5.75 Å². The standard InChI is InChI=1S/C21H31N5O/c1-5-22-21(23-10-8-17-7-6-16(2)20(12-17)27-4)26-11-9-18(15-26)19-13-24-25(3)14-19/h6-7,12-14,18H,5,8-11,15H2,1-4H3,(H,22,23). The van der Waals surface area contributed by atoms with Gasteiger partial charge in [0.15, 0.2) is 5.96 Å². The van der Waals surface area contributed by atoms with Crippen molar-refractivity contribution in [3.63, 3.8) is 0 Å². The lowest BCUT2D eigenvalue weighted by molar-refractivity contribution is 0.411. The van der Waals surface area contributed by atoms with E-state index in [-0.39, 0.29) is 0 Å². The molecule has 6 nitrogen and oxygen atoms in total. The average Bonchev–Trinajstić information content (AvgIpc) is 3.31. The maximum absolute atomic E-state index is 5.43. The fourth-order valence-electron chi connectivity index (χ4n) is 3.61. The van der Waals surface area contributed by atoms with Crippen molar-refractivity contribution < 1.29 is 4.74 Å². The number of hydrogen-bond donors (Lipinski definition) is 1. The Bertz CT molecular complexity index is 783. The number of aliphatic imine (C=N–C) groups is 1. The number of hydrogen-bond acceptors (Lipinski definition) is 3. The van der Waals surface area contributed by atoms with Gasteiger partial charge in [0, 0.05) is 45.3 Å². The number of aromatic nitrogens is 2. The summed E-state index contributed by atoms with van der Waals surface area (Å²) in [6.45, 7) is 7.86. The molecule has 1 aromatic carbocycles. The Labute approximate surface area is 162 Å². The summed E-state index contributed by atoms with van der Waals surface area (Å²) in [4.78, 5) is 7.24. The molecule has 1 fully saturated rings. The van der Waals surface area contributed by atoms with Crippen LogP contribution in [0.15, 0.2) is 35.6 Å². The molecule has 1 aliphatic rings. The summed E-state index contributed by atoms with van der Waals surface area (Å²) >= 11 is 0. The molecule has 3 rings (SSSR count). The summed E-state index contributed by atoms with van der Waals surface area (Å²) in [5, 5.41) is 7.76. The first kappa shape index (κ1) is 19.3. The molecular formula is C21H31N5O. The van der Waals surface area contributed by atoms with Crippen LogP contribution in [-0.2, 0) is 13.5 Å². The van der Waals surface area contributed by atoms with Crippen molar-refractivity contribution in [3.8, 4) is 5.75 Å². The lowest BCUT2D eigenvalue weighted by Crippen LogP contribution is -2.40. The largest absolute Gasteiger partial charge is 0.496 e. The average molecular weight is 370 g/mol. The molecule has 0 bridgehead atoms. The second-order valence-electron chi connectivity index (χ2n) is 7.17. The topological polar surface area (TPSA) is 54.7 Å². The van der Waals surface area contributed by atoms with E-state index in [1.807, 2.05) is 17.9 Å². The number of nitrogens with one attached hydrogen (secondary N) is 1. The van der Waals surface area contributed by atoms with Crippen LogP contribution < -0.4 is 10.1 Å². The number of nitrogens with zero attached hydrogens (tertiary/aromatic N) is 4. The van der Waals surface area contributed by atoms with Crippen LogP contribution in [0.1, 0.15) is 36.0 Å². The third-order valence-corrected chi connectivity index (χ3v) is 5.15. The van der Waals surface area contributed by atoms with E-state index in [4.69, 9.17) is 9.73 Å². The zero-order valence-electron chi connectivity index (χ0n) is 16.9. The third kappa shape index (κ3) is 4.81. The van der Waals surface area contributed by atoms with Crippen LogP contribution in [0, 0.1) is 6.92 Å². The third-order valence-electron chi connectivity index (χ3n) is 5.15. The number of methoxy groups -OCH3 is 1. The van der Waals surface area contributed by atoms with Crippen molar-refractivity contribution in [2.24, 2.45) is 12.0 Å². The van der Waals surface area contributed by atoms with Crippen LogP contribution in [0.5, 0.6) is 5.75 Å². The van der Waals surface area contributed by atoms with E-state index in [9.17, 15) is 0 Å². The second-order valence-corrected chi connectivity index (χ2v) is 7.17. The molecule has 1 aliphatic heterocycles. The first-order valence-electron chi connectivity index (χ1n) is 9.76. The molecule has 1 unspecified atom stereocenters. The molecule has 1 saturated heterocycles. The minimum atomic E-state index is 0.531. The summed E-state index contributed by atoms with van der Waals surface area (Å²) in [6, 6.07) is 6.39. The van der Waals surface area contributed by atoms with Crippen molar-refractivity contribution in [1.29, 1.82) is 0 Å². The maximum Gasteiger partial charge on any atom is 0.193 e. The van der Waals surface area contributed by atoms with Crippen LogP contribution >= 0.6 is 0 Å². The van der Waals surface area contributed by atoms with Crippen LogP contribution in [0.4, 0.5) is 0 Å². The molecule has 1 atom stereocenters. The molecule has 0 saturated carbocycles. The number of ether oxygens (including phenoxy) is 1. The molecule has 1 N–H and O–H groups in total. The molecule has 0 radical (unpaired) electrons. The molecule has 0 spiro atoms. The number of aryl methyl sites for hydroxylation is 2. The quantitative estimate of drug-likeness (QED) is 0.628. The van der Waals surface area contributed by atoms with Crippen molar-refractivity contribution >= 4 is 5.96 Å². The number of benzene rings is 1. The first-order chi connectivity index (χ1) is 13.1. The highest BCUT2D eigenvalue weighted by atomic mass is 16.5. The van der Waals surface area contributed by atoms with Gasteiger partial charge in [-0.25, -0.2) is 0 Å². The highest BCUT2D eigenvalue weighted by Gasteiger charge is 2.26. The Morgan fingerprint density at radius 2 is 2.26 bits per heavy atom. The van der Waals surface area contributed by atoms with Gasteiger partial charge in [-0.15, -0.1) is 0 Å². The molecule has 0 aliphatic carbocycles. The van der Waals surface area contributed by atoms with E-state index in [0.29, 0.717) is 5.92 Å². The monoisotopic (exact) mass is 369 g/mol. The summed E-state index contributed by atoms with van der Waals surface area (Å²) < 4.78 is 7.31. The zero-order chi connectivity index (χ0) is 19.2. The lowest BCUT2D eigenvalue weighted by atomic mass is 10.0. The van der Waals surface area contributed by atoms with E-state index in [2.05, 4.69) is 53.6 Å². The van der Waals surface area contributed by atoms with Gasteiger partial charge in [-0.3, -0.25) is 9.67 Å².